The van der Waals surface area contributed by atoms with Gasteiger partial charge in [-0.15, -0.1) is 11.3 Å². The molecule has 1 aromatic heterocycles. The van der Waals surface area contributed by atoms with Crippen molar-refractivity contribution in [1.82, 2.24) is 4.31 Å². The third-order valence-corrected chi connectivity index (χ3v) is 6.20. The zero-order valence-electron chi connectivity index (χ0n) is 12.4. The SMILES string of the molecule is CN(CC(=O)Nc1ccc(C(F)(F)F)cc1)S(=O)(=O)c1cccs1. The Morgan fingerprint density at radius 3 is 2.33 bits per heavy atom. The maximum Gasteiger partial charge on any atom is 0.416 e. The van der Waals surface area contributed by atoms with Gasteiger partial charge < -0.3 is 5.32 Å². The summed E-state index contributed by atoms with van der Waals surface area (Å²) in [5.74, 6) is -0.655. The Hall–Kier alpha value is -1.91. The van der Waals surface area contributed by atoms with Crippen LogP contribution < -0.4 is 5.32 Å². The summed E-state index contributed by atoms with van der Waals surface area (Å²) in [5.41, 5.74) is -0.687. The topological polar surface area (TPSA) is 66.5 Å². The Balaban J connectivity index is 2.01. The average molecular weight is 378 g/mol. The van der Waals surface area contributed by atoms with Crippen LogP contribution in [0.15, 0.2) is 46.0 Å². The third-order valence-electron chi connectivity index (χ3n) is 3.02. The normalized spacial score (nSPS) is 12.4. The molecule has 0 bridgehead atoms. The maximum absolute atomic E-state index is 12.5. The molecule has 2 rings (SSSR count). The Labute approximate surface area is 140 Å². The van der Waals surface area contributed by atoms with Gasteiger partial charge in [0.05, 0.1) is 12.1 Å². The molecule has 0 unspecified atom stereocenters. The molecule has 0 aliphatic rings. The molecule has 0 saturated heterocycles. The molecule has 0 spiro atoms. The number of hydrogen-bond acceptors (Lipinski definition) is 4. The number of hydrogen-bond donors (Lipinski definition) is 1. The average Bonchev–Trinajstić information content (AvgIpc) is 3.01. The molecule has 2 aromatic rings. The first-order valence-electron chi connectivity index (χ1n) is 6.57. The van der Waals surface area contributed by atoms with E-state index in [-0.39, 0.29) is 9.90 Å². The van der Waals surface area contributed by atoms with Crippen LogP contribution in [0.5, 0.6) is 0 Å². The number of sulfonamides is 1. The fourth-order valence-corrected chi connectivity index (χ4v) is 4.12. The molecule has 0 atom stereocenters. The lowest BCUT2D eigenvalue weighted by atomic mass is 10.2. The molecule has 24 heavy (non-hydrogen) atoms. The summed E-state index contributed by atoms with van der Waals surface area (Å²) in [6.45, 7) is -0.457. The lowest BCUT2D eigenvalue weighted by molar-refractivity contribution is -0.137. The fraction of sp³-hybridized carbons (Fsp3) is 0.214. The largest absolute Gasteiger partial charge is 0.416 e. The summed E-state index contributed by atoms with van der Waals surface area (Å²) < 4.78 is 62.7. The van der Waals surface area contributed by atoms with Crippen molar-refractivity contribution >= 4 is 33.0 Å². The van der Waals surface area contributed by atoms with Crippen molar-refractivity contribution in [2.75, 3.05) is 18.9 Å². The molecule has 0 fully saturated rings. The molecule has 5 nitrogen and oxygen atoms in total. The lowest BCUT2D eigenvalue weighted by Gasteiger charge is -2.16. The predicted molar refractivity (Wildman–Crippen MR) is 84.2 cm³/mol. The van der Waals surface area contributed by atoms with Crippen molar-refractivity contribution in [2.45, 2.75) is 10.4 Å². The molecule has 1 N–H and O–H groups in total. The number of anilines is 1. The van der Waals surface area contributed by atoms with Crippen LogP contribution in [0.2, 0.25) is 0 Å². The second-order valence-electron chi connectivity index (χ2n) is 4.82. The molecule has 0 saturated carbocycles. The van der Waals surface area contributed by atoms with Crippen LogP contribution >= 0.6 is 11.3 Å². The predicted octanol–water partition coefficient (Wildman–Crippen LogP) is 3.03. The van der Waals surface area contributed by atoms with E-state index in [1.165, 1.54) is 13.1 Å². The van der Waals surface area contributed by atoms with E-state index in [9.17, 15) is 26.4 Å². The van der Waals surface area contributed by atoms with Gasteiger partial charge in [0.25, 0.3) is 10.0 Å². The van der Waals surface area contributed by atoms with Gasteiger partial charge in [-0.3, -0.25) is 4.79 Å². The monoisotopic (exact) mass is 378 g/mol. The van der Waals surface area contributed by atoms with Crippen molar-refractivity contribution < 1.29 is 26.4 Å². The molecular weight excluding hydrogens is 365 g/mol. The summed E-state index contributed by atoms with van der Waals surface area (Å²) in [5, 5.41) is 3.96. The second-order valence-corrected chi connectivity index (χ2v) is 8.04. The molecule has 10 heteroatoms. The summed E-state index contributed by atoms with van der Waals surface area (Å²) in [4.78, 5) is 11.9. The first-order valence-corrected chi connectivity index (χ1v) is 8.89. The number of thiophene rings is 1. The van der Waals surface area contributed by atoms with Crippen LogP contribution in [0, 0.1) is 0 Å². The minimum Gasteiger partial charge on any atom is -0.325 e. The number of benzene rings is 1. The summed E-state index contributed by atoms with van der Waals surface area (Å²) >= 11 is 1.03. The molecule has 0 aliphatic carbocycles. The van der Waals surface area contributed by atoms with Crippen LogP contribution in [-0.4, -0.2) is 32.2 Å². The van der Waals surface area contributed by atoms with Gasteiger partial charge in [-0.05, 0) is 35.7 Å². The van der Waals surface area contributed by atoms with E-state index in [0.717, 1.165) is 39.9 Å². The zero-order chi connectivity index (χ0) is 18.0. The van der Waals surface area contributed by atoms with E-state index < -0.39 is 34.2 Å². The maximum atomic E-state index is 12.5. The number of nitrogens with zero attached hydrogens (tertiary/aromatic N) is 1. The summed E-state index contributed by atoms with van der Waals surface area (Å²) in [6.07, 6.45) is -4.46. The highest BCUT2D eigenvalue weighted by molar-refractivity contribution is 7.91. The second kappa shape index (κ2) is 6.91. The van der Waals surface area contributed by atoms with E-state index in [0.29, 0.717) is 0 Å². The standard InChI is InChI=1S/C14H13F3N2O3S2/c1-19(24(21,22)13-3-2-8-23-13)9-12(20)18-11-6-4-10(5-7-11)14(15,16)17/h2-8H,9H2,1H3,(H,18,20). The summed E-state index contributed by atoms with van der Waals surface area (Å²) in [6, 6.07) is 6.88. The van der Waals surface area contributed by atoms with E-state index in [2.05, 4.69) is 5.32 Å². The van der Waals surface area contributed by atoms with Gasteiger partial charge in [0, 0.05) is 12.7 Å². The van der Waals surface area contributed by atoms with E-state index in [1.54, 1.807) is 11.4 Å². The molecule has 0 radical (unpaired) electrons. The number of alkyl halides is 3. The number of nitrogens with one attached hydrogen (secondary N) is 1. The third kappa shape index (κ3) is 4.34. The van der Waals surface area contributed by atoms with Gasteiger partial charge in [0.15, 0.2) is 0 Å². The van der Waals surface area contributed by atoms with Crippen LogP contribution in [0.3, 0.4) is 0 Å². The smallest absolute Gasteiger partial charge is 0.325 e. The quantitative estimate of drug-likeness (QED) is 0.870. The van der Waals surface area contributed by atoms with E-state index in [1.807, 2.05) is 0 Å². The lowest BCUT2D eigenvalue weighted by Crippen LogP contribution is -2.34. The van der Waals surface area contributed by atoms with Crippen LogP contribution in [0.1, 0.15) is 5.56 Å². The molecule has 1 heterocycles. The highest BCUT2D eigenvalue weighted by Gasteiger charge is 2.30. The minimum absolute atomic E-state index is 0.104. The Morgan fingerprint density at radius 2 is 1.83 bits per heavy atom. The zero-order valence-corrected chi connectivity index (χ0v) is 14.0. The van der Waals surface area contributed by atoms with Crippen molar-refractivity contribution in [1.29, 1.82) is 0 Å². The van der Waals surface area contributed by atoms with Gasteiger partial charge in [0.1, 0.15) is 4.21 Å². The van der Waals surface area contributed by atoms with E-state index >= 15 is 0 Å². The van der Waals surface area contributed by atoms with Gasteiger partial charge >= 0.3 is 6.18 Å². The van der Waals surface area contributed by atoms with Crippen molar-refractivity contribution in [2.24, 2.45) is 0 Å². The van der Waals surface area contributed by atoms with E-state index in [4.69, 9.17) is 0 Å². The van der Waals surface area contributed by atoms with Crippen LogP contribution in [0.25, 0.3) is 0 Å². The number of amides is 1. The van der Waals surface area contributed by atoms with Crippen molar-refractivity contribution in [3.8, 4) is 0 Å². The molecule has 130 valence electrons. The molecule has 0 aliphatic heterocycles. The van der Waals surface area contributed by atoms with Crippen LogP contribution in [0.4, 0.5) is 18.9 Å². The highest BCUT2D eigenvalue weighted by atomic mass is 32.2. The highest BCUT2D eigenvalue weighted by Crippen LogP contribution is 2.29. The van der Waals surface area contributed by atoms with Crippen molar-refractivity contribution in [3.63, 3.8) is 0 Å². The first kappa shape index (κ1) is 18.4. The van der Waals surface area contributed by atoms with Gasteiger partial charge in [-0.1, -0.05) is 6.07 Å². The van der Waals surface area contributed by atoms with Crippen molar-refractivity contribution in [3.05, 3.63) is 47.3 Å². The fourth-order valence-electron chi connectivity index (χ4n) is 1.79. The first-order chi connectivity index (χ1) is 11.1. The van der Waals surface area contributed by atoms with Gasteiger partial charge in [-0.2, -0.15) is 17.5 Å². The number of halogens is 3. The minimum atomic E-state index is -4.46. The number of rotatable bonds is 5. The van der Waals surface area contributed by atoms with Gasteiger partial charge in [0.2, 0.25) is 5.91 Å². The van der Waals surface area contributed by atoms with Gasteiger partial charge in [-0.25, -0.2) is 8.42 Å². The Kier molecular flexibility index (Phi) is 5.31. The van der Waals surface area contributed by atoms with Crippen LogP contribution in [-0.2, 0) is 21.0 Å². The number of likely N-dealkylation sites (N-methyl/N-ethyl adjacent to an activating group) is 1. The number of carbonyl (C=O) groups excluding carboxylic acids is 1. The number of carbonyl (C=O) groups is 1. The molecule has 1 amide bonds. The molecular formula is C14H13F3N2O3S2. The molecule has 1 aromatic carbocycles. The Bertz CT molecular complexity index is 801. The summed E-state index contributed by atoms with van der Waals surface area (Å²) in [7, 11) is -2.52. The Morgan fingerprint density at radius 1 is 1.21 bits per heavy atom.